The van der Waals surface area contributed by atoms with E-state index in [9.17, 15) is 33.9 Å². The predicted octanol–water partition coefficient (Wildman–Crippen LogP) is 1.18. The van der Waals surface area contributed by atoms with Gasteiger partial charge >= 0.3 is 5.97 Å². The maximum absolute atomic E-state index is 14.1. The molecule has 13 nitrogen and oxygen atoms in total. The molecule has 1 aromatic heterocycles. The van der Waals surface area contributed by atoms with Crippen molar-refractivity contribution in [3.8, 4) is 0 Å². The van der Waals surface area contributed by atoms with E-state index in [0.29, 0.717) is 24.9 Å². The molecule has 0 unspecified atom stereocenters. The minimum Gasteiger partial charge on any atom is -0.480 e. The van der Waals surface area contributed by atoms with Gasteiger partial charge in [0.1, 0.15) is 23.8 Å². The summed E-state index contributed by atoms with van der Waals surface area (Å²) in [6.07, 6.45) is 4.30. The lowest BCUT2D eigenvalue weighted by Gasteiger charge is -2.29. The third-order valence-corrected chi connectivity index (χ3v) is 7.99. The summed E-state index contributed by atoms with van der Waals surface area (Å²) >= 11 is 0. The molecule has 0 bridgehead atoms. The van der Waals surface area contributed by atoms with Crippen molar-refractivity contribution in [1.29, 1.82) is 0 Å². The molecule has 240 valence electrons. The van der Waals surface area contributed by atoms with Gasteiger partial charge in [-0.3, -0.25) is 29.0 Å². The second-order valence-electron chi connectivity index (χ2n) is 11.4. The molecule has 2 fully saturated rings. The van der Waals surface area contributed by atoms with Gasteiger partial charge in [0.2, 0.25) is 17.7 Å². The Labute approximate surface area is 261 Å². The molecule has 0 aliphatic carbocycles. The average Bonchev–Trinajstić information content (AvgIpc) is 3.45. The average molecular weight is 621 g/mol. The van der Waals surface area contributed by atoms with Crippen LogP contribution in [0.5, 0.6) is 0 Å². The first-order chi connectivity index (χ1) is 21.7. The minimum absolute atomic E-state index is 0.0235. The van der Waals surface area contributed by atoms with Gasteiger partial charge in [-0.05, 0) is 68.4 Å². The summed E-state index contributed by atoms with van der Waals surface area (Å²) in [4.78, 5) is 83.4. The number of hydrogen-bond donors (Lipinski definition) is 5. The summed E-state index contributed by atoms with van der Waals surface area (Å²) in [5.41, 5.74) is 1.65. The molecule has 45 heavy (non-hydrogen) atoms. The zero-order valence-electron chi connectivity index (χ0n) is 25.3. The van der Waals surface area contributed by atoms with Crippen molar-refractivity contribution in [3.05, 3.63) is 65.5 Å². The summed E-state index contributed by atoms with van der Waals surface area (Å²) in [6, 6.07) is 7.90. The second-order valence-corrected chi connectivity index (χ2v) is 11.4. The number of fused-ring (bicyclic) bond motifs is 1. The Bertz CT molecular complexity index is 1380. The fourth-order valence-electron chi connectivity index (χ4n) is 5.59. The van der Waals surface area contributed by atoms with Gasteiger partial charge in [-0.15, -0.1) is 0 Å². The number of pyridine rings is 1. The van der Waals surface area contributed by atoms with Crippen LogP contribution in [-0.4, -0.2) is 87.8 Å². The van der Waals surface area contributed by atoms with E-state index in [1.807, 2.05) is 12.1 Å². The van der Waals surface area contributed by atoms with Gasteiger partial charge in [-0.1, -0.05) is 31.5 Å². The smallest absolute Gasteiger partial charge is 0.326 e. The van der Waals surface area contributed by atoms with Crippen molar-refractivity contribution >= 4 is 35.5 Å². The molecule has 1 aromatic carbocycles. The predicted molar refractivity (Wildman–Crippen MR) is 163 cm³/mol. The molecular formula is C32H40N6O7. The molecule has 0 spiro atoms. The molecule has 0 radical (unpaired) electrons. The van der Waals surface area contributed by atoms with Crippen molar-refractivity contribution in [2.45, 2.75) is 82.5 Å². The highest BCUT2D eigenvalue weighted by Crippen LogP contribution is 2.22. The lowest BCUT2D eigenvalue weighted by atomic mass is 10.1. The normalized spacial score (nSPS) is 23.0. The van der Waals surface area contributed by atoms with Gasteiger partial charge in [0.25, 0.3) is 11.8 Å². The molecule has 4 atom stereocenters. The quantitative estimate of drug-likeness (QED) is 0.305. The first-order valence-electron chi connectivity index (χ1n) is 15.4. The number of amides is 5. The number of aliphatic carboxylic acids is 1. The zero-order valence-corrected chi connectivity index (χ0v) is 25.3. The Hall–Kier alpha value is -4.81. The van der Waals surface area contributed by atoms with Crippen LogP contribution < -0.4 is 21.3 Å². The third kappa shape index (κ3) is 9.10. The van der Waals surface area contributed by atoms with Crippen molar-refractivity contribution < 1.29 is 33.9 Å². The maximum atomic E-state index is 14.1. The third-order valence-electron chi connectivity index (χ3n) is 7.99. The fraction of sp³-hybridized carbons (Fsp3) is 0.469. The van der Waals surface area contributed by atoms with Crippen molar-refractivity contribution in [1.82, 2.24) is 31.2 Å². The number of aryl methyl sites for hydroxylation is 1. The van der Waals surface area contributed by atoms with E-state index >= 15 is 0 Å². The Morgan fingerprint density at radius 3 is 2.47 bits per heavy atom. The topological polar surface area (TPSA) is 187 Å². The van der Waals surface area contributed by atoms with E-state index in [4.69, 9.17) is 0 Å². The molecule has 0 saturated carbocycles. The molecule has 2 aliphatic rings. The zero-order chi connectivity index (χ0) is 32.3. The molecule has 3 heterocycles. The SMILES string of the molecule is CCCc1ccc(C(=O)N[C@@H]2C[C@H]3C(=O)N[C@H](C(=O)O)CCC(=O)NCCCC[C@H](NC(=O)c4ccccn4)C(=O)N3C2)cc1. The number of benzene rings is 1. The van der Waals surface area contributed by atoms with Crippen LogP contribution in [0.3, 0.4) is 0 Å². The highest BCUT2D eigenvalue weighted by molar-refractivity contribution is 5.98. The van der Waals surface area contributed by atoms with Crippen LogP contribution >= 0.6 is 0 Å². The summed E-state index contributed by atoms with van der Waals surface area (Å²) in [5.74, 6) is -3.86. The number of rotatable bonds is 7. The molecule has 5 N–H and O–H groups in total. The molecule has 2 aromatic rings. The summed E-state index contributed by atoms with van der Waals surface area (Å²) in [5, 5.41) is 20.6. The Morgan fingerprint density at radius 1 is 1.00 bits per heavy atom. The van der Waals surface area contributed by atoms with Crippen LogP contribution in [-0.2, 0) is 25.6 Å². The van der Waals surface area contributed by atoms with E-state index in [-0.39, 0.29) is 49.7 Å². The molecule has 13 heteroatoms. The van der Waals surface area contributed by atoms with Crippen LogP contribution in [0.2, 0.25) is 0 Å². The minimum atomic E-state index is -1.36. The standard InChI is InChI=1S/C32H40N6O7/c1-2-7-20-10-12-21(13-11-20)28(40)35-22-18-26-30(42)37-25(32(44)45)14-15-27(39)34-17-6-4-9-24(31(43)38(26)19-22)36-29(41)23-8-3-5-16-33-23/h3,5,8,10-13,16,22,24-26H,2,4,6-7,9,14-15,17-19H2,1H3,(H,34,39)(H,35,40)(H,36,41)(H,37,42)(H,44,45)/t22-,24+,25+,26+/m1/s1. The van der Waals surface area contributed by atoms with E-state index in [0.717, 1.165) is 18.4 Å². The van der Waals surface area contributed by atoms with Crippen LogP contribution in [0.1, 0.15) is 78.3 Å². The Kier molecular flexibility index (Phi) is 11.6. The van der Waals surface area contributed by atoms with Gasteiger partial charge in [-0.2, -0.15) is 0 Å². The molecule has 4 rings (SSSR count). The van der Waals surface area contributed by atoms with E-state index in [1.165, 1.54) is 17.2 Å². The van der Waals surface area contributed by atoms with Gasteiger partial charge in [0, 0.05) is 37.3 Å². The van der Waals surface area contributed by atoms with E-state index in [1.54, 1.807) is 24.3 Å². The number of carbonyl (C=O) groups excluding carboxylic acids is 5. The van der Waals surface area contributed by atoms with Crippen molar-refractivity contribution in [2.24, 2.45) is 0 Å². The lowest BCUT2D eigenvalue weighted by molar-refractivity contribution is -0.144. The van der Waals surface area contributed by atoms with Gasteiger partial charge in [0.15, 0.2) is 0 Å². The van der Waals surface area contributed by atoms with Crippen molar-refractivity contribution in [3.63, 3.8) is 0 Å². The first kappa shape index (κ1) is 33.1. The van der Waals surface area contributed by atoms with Crippen LogP contribution in [0, 0.1) is 0 Å². The summed E-state index contributed by atoms with van der Waals surface area (Å²) < 4.78 is 0. The van der Waals surface area contributed by atoms with Crippen LogP contribution in [0.4, 0.5) is 0 Å². The van der Waals surface area contributed by atoms with E-state index < -0.39 is 47.9 Å². The number of aromatic nitrogens is 1. The Balaban J connectivity index is 1.59. The van der Waals surface area contributed by atoms with Gasteiger partial charge < -0.3 is 31.3 Å². The van der Waals surface area contributed by atoms with Gasteiger partial charge in [0.05, 0.1) is 0 Å². The van der Waals surface area contributed by atoms with Crippen LogP contribution in [0.15, 0.2) is 48.7 Å². The molecule has 5 amide bonds. The number of nitrogens with one attached hydrogen (secondary N) is 4. The first-order valence-corrected chi connectivity index (χ1v) is 15.4. The van der Waals surface area contributed by atoms with Crippen LogP contribution in [0.25, 0.3) is 0 Å². The summed E-state index contributed by atoms with van der Waals surface area (Å²) in [7, 11) is 0. The highest BCUT2D eigenvalue weighted by atomic mass is 16.4. The lowest BCUT2D eigenvalue weighted by Crippen LogP contribution is -2.55. The maximum Gasteiger partial charge on any atom is 0.326 e. The van der Waals surface area contributed by atoms with E-state index in [2.05, 4.69) is 33.2 Å². The molecule has 2 saturated heterocycles. The fourth-order valence-corrected chi connectivity index (χ4v) is 5.59. The Morgan fingerprint density at radius 2 is 1.78 bits per heavy atom. The monoisotopic (exact) mass is 620 g/mol. The number of carboxylic acids is 1. The van der Waals surface area contributed by atoms with Crippen molar-refractivity contribution in [2.75, 3.05) is 13.1 Å². The number of carboxylic acid groups (broad SMARTS) is 1. The van der Waals surface area contributed by atoms with Gasteiger partial charge in [-0.25, -0.2) is 4.79 Å². The number of hydrogen-bond acceptors (Lipinski definition) is 7. The number of carbonyl (C=O) groups is 6. The second kappa shape index (κ2) is 15.8. The molecular weight excluding hydrogens is 580 g/mol. The largest absolute Gasteiger partial charge is 0.480 e. The molecule has 2 aliphatic heterocycles. The summed E-state index contributed by atoms with van der Waals surface area (Å²) in [6.45, 7) is 2.35. The highest BCUT2D eigenvalue weighted by Gasteiger charge is 2.43. The number of nitrogens with zero attached hydrogens (tertiary/aromatic N) is 2.